The molecule has 0 radical (unpaired) electrons. The molecule has 0 aromatic heterocycles. The smallest absolute Gasteiger partial charge is 0.0984 e. The molecule has 1 atom stereocenters. The average molecular weight is 223 g/mol. The lowest BCUT2D eigenvalue weighted by Crippen LogP contribution is -2.37. The van der Waals surface area contributed by atoms with E-state index in [1.54, 1.807) is 0 Å². The molecule has 0 saturated carbocycles. The molecule has 3 heteroatoms. The van der Waals surface area contributed by atoms with E-state index in [2.05, 4.69) is 35.5 Å². The highest BCUT2D eigenvalue weighted by molar-refractivity contribution is 4.95. The van der Waals surface area contributed by atoms with E-state index in [9.17, 15) is 0 Å². The van der Waals surface area contributed by atoms with Crippen LogP contribution in [0.15, 0.2) is 24.6 Å². The van der Waals surface area contributed by atoms with Crippen molar-refractivity contribution >= 4 is 0 Å². The van der Waals surface area contributed by atoms with Crippen molar-refractivity contribution in [2.45, 2.75) is 45.2 Å². The highest BCUT2D eigenvalue weighted by Crippen LogP contribution is 2.10. The van der Waals surface area contributed by atoms with Gasteiger partial charge in [0.2, 0.25) is 0 Å². The van der Waals surface area contributed by atoms with Gasteiger partial charge in [-0.05, 0) is 19.3 Å². The van der Waals surface area contributed by atoms with E-state index in [0.717, 1.165) is 25.9 Å². The second-order valence-electron chi connectivity index (χ2n) is 4.22. The molecule has 0 aliphatic carbocycles. The van der Waals surface area contributed by atoms with Crippen LogP contribution >= 0.6 is 0 Å². The Morgan fingerprint density at radius 1 is 1.38 bits per heavy atom. The van der Waals surface area contributed by atoms with Gasteiger partial charge in [0.25, 0.3) is 0 Å². The molecule has 0 bridgehead atoms. The lowest BCUT2D eigenvalue weighted by Gasteiger charge is -2.24. The van der Waals surface area contributed by atoms with Crippen LogP contribution in [0.3, 0.4) is 0 Å². The van der Waals surface area contributed by atoms with E-state index >= 15 is 0 Å². The average Bonchev–Trinajstić information content (AvgIpc) is 2.72. The second kappa shape index (κ2) is 8.22. The van der Waals surface area contributed by atoms with Crippen molar-refractivity contribution in [1.29, 1.82) is 0 Å². The van der Waals surface area contributed by atoms with E-state index in [1.165, 1.54) is 19.3 Å². The maximum Gasteiger partial charge on any atom is 0.0984 e. The Kier molecular flexibility index (Phi) is 6.74. The maximum absolute atomic E-state index is 5.56. The number of allylic oxidation sites excluding steroid dienone is 2. The fourth-order valence-electron chi connectivity index (χ4n) is 1.89. The first-order valence-electron chi connectivity index (χ1n) is 6.42. The van der Waals surface area contributed by atoms with Crippen molar-refractivity contribution in [2.75, 3.05) is 13.1 Å². The van der Waals surface area contributed by atoms with Crippen LogP contribution in [0, 0.1) is 0 Å². The van der Waals surface area contributed by atoms with Crippen molar-refractivity contribution in [2.24, 2.45) is 5.73 Å². The molecular formula is C13H25N3. The molecule has 3 N–H and O–H groups in total. The van der Waals surface area contributed by atoms with Crippen molar-refractivity contribution in [3.63, 3.8) is 0 Å². The number of unbranched alkanes of at least 4 members (excludes halogenated alkanes) is 2. The first kappa shape index (κ1) is 13.1. The molecule has 0 aromatic carbocycles. The van der Waals surface area contributed by atoms with Crippen molar-refractivity contribution < 1.29 is 0 Å². The van der Waals surface area contributed by atoms with Gasteiger partial charge in [-0.1, -0.05) is 31.9 Å². The highest BCUT2D eigenvalue weighted by atomic mass is 15.3. The lowest BCUT2D eigenvalue weighted by molar-refractivity contribution is 0.272. The van der Waals surface area contributed by atoms with Gasteiger partial charge in [0.05, 0.1) is 6.17 Å². The van der Waals surface area contributed by atoms with Gasteiger partial charge in [0, 0.05) is 25.5 Å². The Morgan fingerprint density at radius 3 is 2.94 bits per heavy atom. The molecule has 16 heavy (non-hydrogen) atoms. The number of nitrogens with two attached hydrogens (primary N) is 1. The molecule has 0 amide bonds. The molecule has 1 rings (SSSR count). The van der Waals surface area contributed by atoms with Crippen molar-refractivity contribution in [3.8, 4) is 0 Å². The van der Waals surface area contributed by atoms with Crippen molar-refractivity contribution in [1.82, 2.24) is 10.2 Å². The van der Waals surface area contributed by atoms with Crippen LogP contribution in [0.1, 0.15) is 39.0 Å². The summed E-state index contributed by atoms with van der Waals surface area (Å²) in [7, 11) is 0. The second-order valence-corrected chi connectivity index (χ2v) is 4.22. The summed E-state index contributed by atoms with van der Waals surface area (Å²) in [6.07, 6.45) is 15.3. The van der Waals surface area contributed by atoms with Gasteiger partial charge in [-0.25, -0.2) is 0 Å². The molecule has 1 aliphatic heterocycles. The Morgan fingerprint density at radius 2 is 2.19 bits per heavy atom. The minimum Gasteiger partial charge on any atom is -0.370 e. The van der Waals surface area contributed by atoms with Crippen LogP contribution in [-0.2, 0) is 0 Å². The summed E-state index contributed by atoms with van der Waals surface area (Å²) in [4.78, 5) is 2.28. The first-order valence-corrected chi connectivity index (χ1v) is 6.42. The zero-order valence-electron chi connectivity index (χ0n) is 10.4. The third kappa shape index (κ3) is 4.71. The number of hydrogen-bond donors (Lipinski definition) is 2. The van der Waals surface area contributed by atoms with Gasteiger partial charge >= 0.3 is 0 Å². The Bertz CT molecular complexity index is 223. The summed E-state index contributed by atoms with van der Waals surface area (Å²) in [5, 5.41) is 3.35. The summed E-state index contributed by atoms with van der Waals surface area (Å²) < 4.78 is 0. The third-order valence-electron chi connectivity index (χ3n) is 2.84. The fourth-order valence-corrected chi connectivity index (χ4v) is 1.89. The molecule has 0 saturated heterocycles. The fraction of sp³-hybridized carbons (Fsp3) is 0.692. The molecule has 92 valence electrons. The van der Waals surface area contributed by atoms with E-state index < -0.39 is 0 Å². The zero-order chi connectivity index (χ0) is 11.6. The molecule has 1 unspecified atom stereocenters. The third-order valence-corrected chi connectivity index (χ3v) is 2.84. The van der Waals surface area contributed by atoms with Crippen LogP contribution in [0.5, 0.6) is 0 Å². The van der Waals surface area contributed by atoms with Gasteiger partial charge < -0.3 is 16.0 Å². The quantitative estimate of drug-likeness (QED) is 0.489. The SMILES string of the molecule is CCCC/C=C/CCC1NC=CN1CCN. The summed E-state index contributed by atoms with van der Waals surface area (Å²) in [5.74, 6) is 0. The maximum atomic E-state index is 5.56. The Hall–Kier alpha value is -0.960. The van der Waals surface area contributed by atoms with Gasteiger partial charge in [-0.15, -0.1) is 0 Å². The molecular weight excluding hydrogens is 198 g/mol. The normalized spacial score (nSPS) is 19.6. The molecule has 1 aliphatic rings. The van der Waals surface area contributed by atoms with Crippen molar-refractivity contribution in [3.05, 3.63) is 24.6 Å². The predicted molar refractivity (Wildman–Crippen MR) is 69.7 cm³/mol. The lowest BCUT2D eigenvalue weighted by atomic mass is 10.2. The summed E-state index contributed by atoms with van der Waals surface area (Å²) in [5.41, 5.74) is 5.56. The molecule has 0 spiro atoms. The summed E-state index contributed by atoms with van der Waals surface area (Å²) in [6.45, 7) is 3.88. The number of nitrogens with zero attached hydrogens (tertiary/aromatic N) is 1. The van der Waals surface area contributed by atoms with E-state index in [-0.39, 0.29) is 0 Å². The predicted octanol–water partition coefficient (Wildman–Crippen LogP) is 2.17. The Balaban J connectivity index is 2.10. The number of hydrogen-bond acceptors (Lipinski definition) is 3. The van der Waals surface area contributed by atoms with E-state index in [4.69, 9.17) is 5.73 Å². The zero-order valence-corrected chi connectivity index (χ0v) is 10.4. The summed E-state index contributed by atoms with van der Waals surface area (Å²) >= 11 is 0. The van der Waals surface area contributed by atoms with Crippen LogP contribution in [-0.4, -0.2) is 24.2 Å². The van der Waals surface area contributed by atoms with Crippen LogP contribution in [0.4, 0.5) is 0 Å². The van der Waals surface area contributed by atoms with E-state index in [1.807, 2.05) is 6.20 Å². The minimum absolute atomic E-state index is 0.444. The summed E-state index contributed by atoms with van der Waals surface area (Å²) in [6, 6.07) is 0. The minimum atomic E-state index is 0.444. The van der Waals surface area contributed by atoms with Crippen LogP contribution in [0.2, 0.25) is 0 Å². The Labute approximate surface area is 99.4 Å². The number of nitrogens with one attached hydrogen (secondary N) is 1. The van der Waals surface area contributed by atoms with Gasteiger partial charge in [-0.3, -0.25) is 0 Å². The molecule has 0 fully saturated rings. The standard InChI is InChI=1S/C13H25N3/c1-2-3-4-5-6-7-8-13-15-10-12-16(13)11-9-14/h5-6,10,12-13,15H,2-4,7-9,11,14H2,1H3/b6-5+. The topological polar surface area (TPSA) is 41.3 Å². The van der Waals surface area contributed by atoms with Gasteiger partial charge in [0.15, 0.2) is 0 Å². The van der Waals surface area contributed by atoms with Gasteiger partial charge in [-0.2, -0.15) is 0 Å². The highest BCUT2D eigenvalue weighted by Gasteiger charge is 2.15. The monoisotopic (exact) mass is 223 g/mol. The van der Waals surface area contributed by atoms with Crippen LogP contribution < -0.4 is 11.1 Å². The molecule has 3 nitrogen and oxygen atoms in total. The largest absolute Gasteiger partial charge is 0.370 e. The molecule has 0 aromatic rings. The number of rotatable bonds is 8. The van der Waals surface area contributed by atoms with E-state index in [0.29, 0.717) is 6.17 Å². The first-order chi connectivity index (χ1) is 7.88. The molecule has 1 heterocycles. The van der Waals surface area contributed by atoms with Gasteiger partial charge in [0.1, 0.15) is 0 Å². The van der Waals surface area contributed by atoms with Crippen LogP contribution in [0.25, 0.3) is 0 Å².